The maximum atomic E-state index is 6.27. The van der Waals surface area contributed by atoms with Gasteiger partial charge in [-0.1, -0.05) is 42.5 Å². The lowest BCUT2D eigenvalue weighted by Gasteiger charge is -2.16. The van der Waals surface area contributed by atoms with Crippen molar-refractivity contribution >= 4 is 17.0 Å². The number of rotatable bonds is 5. The topological polar surface area (TPSA) is 98.9 Å². The van der Waals surface area contributed by atoms with E-state index >= 15 is 0 Å². The summed E-state index contributed by atoms with van der Waals surface area (Å²) in [5.41, 5.74) is 18.9. The van der Waals surface area contributed by atoms with Gasteiger partial charge in [0, 0.05) is 43.1 Å². The van der Waals surface area contributed by atoms with Crippen LogP contribution in [0.4, 0.5) is 5.82 Å². The van der Waals surface area contributed by atoms with Crippen LogP contribution in [0.15, 0.2) is 85.1 Å². The van der Waals surface area contributed by atoms with Gasteiger partial charge >= 0.3 is 0 Å². The average Bonchev–Trinajstić information content (AvgIpc) is 3.48. The Morgan fingerprint density at radius 1 is 0.886 bits per heavy atom. The zero-order valence-electron chi connectivity index (χ0n) is 19.4. The quantitative estimate of drug-likeness (QED) is 0.406. The molecule has 1 atom stereocenters. The van der Waals surface area contributed by atoms with E-state index in [0.29, 0.717) is 5.82 Å². The SMILES string of the molecule is Nc1ncccc1-c1nc2ccc(-c3ccccc3)nc2n1-c1ccc(CN2CC[C@@H](N)C2)cc1. The maximum Gasteiger partial charge on any atom is 0.165 e. The Morgan fingerprint density at radius 2 is 1.71 bits per heavy atom. The maximum absolute atomic E-state index is 6.27. The van der Waals surface area contributed by atoms with Crippen molar-refractivity contribution in [2.24, 2.45) is 5.73 Å². The summed E-state index contributed by atoms with van der Waals surface area (Å²) in [5.74, 6) is 1.16. The van der Waals surface area contributed by atoms with E-state index in [1.807, 2.05) is 42.5 Å². The number of nitrogen functional groups attached to an aromatic ring is 1. The molecule has 2 aromatic carbocycles. The van der Waals surface area contributed by atoms with Crippen LogP contribution in [-0.4, -0.2) is 43.6 Å². The summed E-state index contributed by atoms with van der Waals surface area (Å²) in [5, 5.41) is 0. The Hall–Kier alpha value is -4.07. The Labute approximate surface area is 204 Å². The van der Waals surface area contributed by atoms with Crippen LogP contribution in [0, 0.1) is 0 Å². The van der Waals surface area contributed by atoms with Crippen molar-refractivity contribution in [1.29, 1.82) is 0 Å². The lowest BCUT2D eigenvalue weighted by molar-refractivity contribution is 0.327. The molecule has 0 spiro atoms. The molecule has 4 heterocycles. The molecular weight excluding hydrogens is 434 g/mol. The number of aromatic nitrogens is 4. The first kappa shape index (κ1) is 21.5. The first-order valence-electron chi connectivity index (χ1n) is 11.9. The van der Waals surface area contributed by atoms with Crippen molar-refractivity contribution in [3.63, 3.8) is 0 Å². The lowest BCUT2D eigenvalue weighted by atomic mass is 10.1. The molecule has 1 aliphatic rings. The van der Waals surface area contributed by atoms with Gasteiger partial charge in [0.2, 0.25) is 0 Å². The molecule has 1 aliphatic heterocycles. The standard InChI is InChI=1S/C28H27N7/c29-21-14-16-34(18-21)17-19-8-10-22(11-9-19)35-27(23-7-4-15-31-26(23)30)33-25-13-12-24(32-28(25)35)20-5-2-1-3-6-20/h1-13,15,21H,14,16-18,29H2,(H2,30,31)/t21-/m1/s1. The average molecular weight is 462 g/mol. The molecule has 0 unspecified atom stereocenters. The van der Waals surface area contributed by atoms with E-state index < -0.39 is 0 Å². The van der Waals surface area contributed by atoms with Gasteiger partial charge in [-0.2, -0.15) is 0 Å². The third kappa shape index (κ3) is 4.16. The van der Waals surface area contributed by atoms with E-state index in [4.69, 9.17) is 21.4 Å². The first-order chi connectivity index (χ1) is 17.2. The second kappa shape index (κ2) is 8.94. The number of hydrogen-bond donors (Lipinski definition) is 2. The van der Waals surface area contributed by atoms with Crippen LogP contribution in [0.5, 0.6) is 0 Å². The minimum absolute atomic E-state index is 0.281. The van der Waals surface area contributed by atoms with E-state index in [2.05, 4.69) is 50.8 Å². The highest BCUT2D eigenvalue weighted by Crippen LogP contribution is 2.31. The fraction of sp³-hybridized carbons (Fsp3) is 0.179. The number of hydrogen-bond acceptors (Lipinski definition) is 6. The Morgan fingerprint density at radius 3 is 2.46 bits per heavy atom. The van der Waals surface area contributed by atoms with Gasteiger partial charge in [-0.3, -0.25) is 9.47 Å². The smallest absolute Gasteiger partial charge is 0.165 e. The van der Waals surface area contributed by atoms with Crippen molar-refractivity contribution in [1.82, 2.24) is 24.4 Å². The minimum atomic E-state index is 0.281. The van der Waals surface area contributed by atoms with Gasteiger partial charge in [0.15, 0.2) is 11.5 Å². The highest BCUT2D eigenvalue weighted by Gasteiger charge is 2.20. The van der Waals surface area contributed by atoms with Gasteiger partial charge in [0.05, 0.1) is 11.3 Å². The zero-order valence-corrected chi connectivity index (χ0v) is 19.4. The number of nitrogens with two attached hydrogens (primary N) is 2. The van der Waals surface area contributed by atoms with E-state index in [1.54, 1.807) is 6.20 Å². The predicted molar refractivity (Wildman–Crippen MR) is 140 cm³/mol. The molecular formula is C28H27N7. The molecule has 7 heteroatoms. The van der Waals surface area contributed by atoms with E-state index in [-0.39, 0.29) is 6.04 Å². The molecule has 0 saturated carbocycles. The van der Waals surface area contributed by atoms with E-state index in [1.165, 1.54) is 5.56 Å². The third-order valence-corrected chi connectivity index (χ3v) is 6.56. The van der Waals surface area contributed by atoms with Crippen molar-refractivity contribution < 1.29 is 0 Å². The van der Waals surface area contributed by atoms with Crippen LogP contribution in [0.3, 0.4) is 0 Å². The number of anilines is 1. The molecule has 4 N–H and O–H groups in total. The molecule has 174 valence electrons. The number of fused-ring (bicyclic) bond motifs is 1. The molecule has 0 amide bonds. The zero-order chi connectivity index (χ0) is 23.8. The molecule has 3 aromatic heterocycles. The molecule has 0 bridgehead atoms. The van der Waals surface area contributed by atoms with Gasteiger partial charge in [-0.25, -0.2) is 15.0 Å². The molecule has 5 aromatic rings. The Bertz CT molecular complexity index is 1480. The Balaban J connectivity index is 1.47. The highest BCUT2D eigenvalue weighted by molar-refractivity contribution is 5.84. The first-order valence-corrected chi connectivity index (χ1v) is 11.9. The van der Waals surface area contributed by atoms with Crippen molar-refractivity contribution in [3.05, 3.63) is 90.6 Å². The van der Waals surface area contributed by atoms with Gasteiger partial charge in [-0.15, -0.1) is 0 Å². The van der Waals surface area contributed by atoms with Gasteiger partial charge in [0.25, 0.3) is 0 Å². The van der Waals surface area contributed by atoms with Crippen LogP contribution in [-0.2, 0) is 6.54 Å². The summed E-state index contributed by atoms with van der Waals surface area (Å²) in [7, 11) is 0. The number of benzene rings is 2. The number of nitrogens with zero attached hydrogens (tertiary/aromatic N) is 5. The van der Waals surface area contributed by atoms with E-state index in [0.717, 1.165) is 65.6 Å². The van der Waals surface area contributed by atoms with Crippen molar-refractivity contribution in [2.45, 2.75) is 19.0 Å². The summed E-state index contributed by atoms with van der Waals surface area (Å²) in [4.78, 5) is 16.7. The van der Waals surface area contributed by atoms with Crippen LogP contribution in [0.25, 0.3) is 39.5 Å². The molecule has 7 nitrogen and oxygen atoms in total. The summed E-state index contributed by atoms with van der Waals surface area (Å²) < 4.78 is 2.07. The number of pyridine rings is 2. The molecule has 35 heavy (non-hydrogen) atoms. The summed E-state index contributed by atoms with van der Waals surface area (Å²) >= 11 is 0. The summed E-state index contributed by atoms with van der Waals surface area (Å²) in [6, 6.07) is 26.9. The molecule has 1 saturated heterocycles. The number of imidazole rings is 1. The second-order valence-corrected chi connectivity index (χ2v) is 9.06. The lowest BCUT2D eigenvalue weighted by Crippen LogP contribution is -2.26. The van der Waals surface area contributed by atoms with E-state index in [9.17, 15) is 0 Å². The monoisotopic (exact) mass is 461 g/mol. The molecule has 0 aliphatic carbocycles. The normalized spacial score (nSPS) is 16.2. The van der Waals surface area contributed by atoms with Crippen molar-refractivity contribution in [3.8, 4) is 28.3 Å². The largest absolute Gasteiger partial charge is 0.383 e. The summed E-state index contributed by atoms with van der Waals surface area (Å²) in [6.45, 7) is 2.90. The molecule has 6 rings (SSSR count). The van der Waals surface area contributed by atoms with Gasteiger partial charge < -0.3 is 11.5 Å². The fourth-order valence-electron chi connectivity index (χ4n) is 4.77. The van der Waals surface area contributed by atoms with Crippen LogP contribution in [0.1, 0.15) is 12.0 Å². The van der Waals surface area contributed by atoms with Crippen LogP contribution in [0.2, 0.25) is 0 Å². The minimum Gasteiger partial charge on any atom is -0.383 e. The fourth-order valence-corrected chi connectivity index (χ4v) is 4.77. The molecule has 1 fully saturated rings. The third-order valence-electron chi connectivity index (χ3n) is 6.56. The van der Waals surface area contributed by atoms with Gasteiger partial charge in [0.1, 0.15) is 11.3 Å². The van der Waals surface area contributed by atoms with Gasteiger partial charge in [-0.05, 0) is 48.4 Å². The van der Waals surface area contributed by atoms with Crippen LogP contribution >= 0.6 is 0 Å². The van der Waals surface area contributed by atoms with Crippen molar-refractivity contribution in [2.75, 3.05) is 18.8 Å². The summed E-state index contributed by atoms with van der Waals surface area (Å²) in [6.07, 6.45) is 2.75. The van der Waals surface area contributed by atoms with Crippen LogP contribution < -0.4 is 11.5 Å². The second-order valence-electron chi connectivity index (χ2n) is 9.06. The molecule has 0 radical (unpaired) electrons. The predicted octanol–water partition coefficient (Wildman–Crippen LogP) is 4.26. The number of likely N-dealkylation sites (tertiary alicyclic amines) is 1. The highest BCUT2D eigenvalue weighted by atomic mass is 15.2. The Kier molecular flexibility index (Phi) is 5.48.